The molecule has 1 fully saturated rings. The molecule has 5 heteroatoms. The fourth-order valence-corrected chi connectivity index (χ4v) is 3.80. The zero-order chi connectivity index (χ0) is 15.2. The number of halogens is 1. The predicted molar refractivity (Wildman–Crippen MR) is 86.6 cm³/mol. The lowest BCUT2D eigenvalue weighted by atomic mass is 9.81. The molecule has 2 unspecified atom stereocenters. The summed E-state index contributed by atoms with van der Waals surface area (Å²) in [6, 6.07) is 0.109. The fraction of sp³-hybridized carbons (Fsp3) is 0.812. The summed E-state index contributed by atoms with van der Waals surface area (Å²) in [5, 5.41) is 8.60. The van der Waals surface area contributed by atoms with Gasteiger partial charge in [-0.25, -0.2) is 0 Å². The molecule has 0 amide bonds. The van der Waals surface area contributed by atoms with Crippen molar-refractivity contribution in [2.45, 2.75) is 58.1 Å². The van der Waals surface area contributed by atoms with Gasteiger partial charge in [-0.3, -0.25) is 4.68 Å². The second-order valence-electron chi connectivity index (χ2n) is 5.85. The van der Waals surface area contributed by atoms with E-state index in [1.54, 1.807) is 6.20 Å². The van der Waals surface area contributed by atoms with Crippen molar-refractivity contribution >= 4 is 11.6 Å². The van der Waals surface area contributed by atoms with Gasteiger partial charge in [0, 0.05) is 13.7 Å². The third-order valence-electron chi connectivity index (χ3n) is 4.46. The highest BCUT2D eigenvalue weighted by molar-refractivity contribution is 6.31. The van der Waals surface area contributed by atoms with E-state index < -0.39 is 0 Å². The highest BCUT2D eigenvalue weighted by atomic mass is 35.5. The molecule has 120 valence electrons. The molecule has 0 radical (unpaired) electrons. The van der Waals surface area contributed by atoms with Gasteiger partial charge >= 0.3 is 0 Å². The number of hydrogen-bond donors (Lipinski definition) is 1. The number of hydrogen-bond acceptors (Lipinski definition) is 3. The van der Waals surface area contributed by atoms with Crippen molar-refractivity contribution in [3.63, 3.8) is 0 Å². The maximum Gasteiger partial charge on any atom is 0.0835 e. The minimum atomic E-state index is 0.109. The molecule has 21 heavy (non-hydrogen) atoms. The Bertz CT molecular complexity index is 410. The van der Waals surface area contributed by atoms with Gasteiger partial charge in [-0.1, -0.05) is 37.8 Å². The Kier molecular flexibility index (Phi) is 6.52. The first-order valence-electron chi connectivity index (χ1n) is 8.21. The Morgan fingerprint density at radius 3 is 2.62 bits per heavy atom. The standard InChI is InChI=1S/C16H28ClN3O/c1-4-18-14(15-13(17)11-19-20(15)3)16(21-5-2)12-9-7-6-8-10-12/h11-12,14,16,18H,4-10H2,1-3H3. The van der Waals surface area contributed by atoms with Crippen LogP contribution >= 0.6 is 11.6 Å². The summed E-state index contributed by atoms with van der Waals surface area (Å²) >= 11 is 6.38. The van der Waals surface area contributed by atoms with Gasteiger partial charge in [-0.15, -0.1) is 0 Å². The van der Waals surface area contributed by atoms with Crippen LogP contribution in [0.2, 0.25) is 5.02 Å². The largest absolute Gasteiger partial charge is 0.376 e. The minimum absolute atomic E-state index is 0.109. The third-order valence-corrected chi connectivity index (χ3v) is 4.75. The van der Waals surface area contributed by atoms with Crippen LogP contribution < -0.4 is 5.32 Å². The normalized spacial score (nSPS) is 19.6. The molecule has 1 aromatic rings. The van der Waals surface area contributed by atoms with Gasteiger partial charge in [-0.2, -0.15) is 5.10 Å². The number of ether oxygens (including phenoxy) is 1. The van der Waals surface area contributed by atoms with Gasteiger partial charge in [0.15, 0.2) is 0 Å². The van der Waals surface area contributed by atoms with Crippen LogP contribution in [0.4, 0.5) is 0 Å². The van der Waals surface area contributed by atoms with Crippen molar-refractivity contribution in [3.8, 4) is 0 Å². The molecule has 4 nitrogen and oxygen atoms in total. The van der Waals surface area contributed by atoms with E-state index in [9.17, 15) is 0 Å². The Morgan fingerprint density at radius 1 is 1.38 bits per heavy atom. The second kappa shape index (κ2) is 8.16. The highest BCUT2D eigenvalue weighted by Crippen LogP contribution is 2.36. The maximum absolute atomic E-state index is 6.38. The smallest absolute Gasteiger partial charge is 0.0835 e. The maximum atomic E-state index is 6.38. The number of aryl methyl sites for hydroxylation is 1. The first-order chi connectivity index (χ1) is 10.2. The molecular weight excluding hydrogens is 286 g/mol. The molecule has 1 aliphatic rings. The number of nitrogens with one attached hydrogen (secondary N) is 1. The lowest BCUT2D eigenvalue weighted by molar-refractivity contribution is -0.0196. The van der Waals surface area contributed by atoms with E-state index >= 15 is 0 Å². The monoisotopic (exact) mass is 313 g/mol. The van der Waals surface area contributed by atoms with Crippen molar-refractivity contribution in [2.75, 3.05) is 13.2 Å². The van der Waals surface area contributed by atoms with E-state index in [4.69, 9.17) is 16.3 Å². The molecule has 1 aliphatic carbocycles. The average molecular weight is 314 g/mol. The minimum Gasteiger partial charge on any atom is -0.376 e. The first kappa shape index (κ1) is 16.8. The van der Waals surface area contributed by atoms with Gasteiger partial charge in [0.2, 0.25) is 0 Å². The zero-order valence-electron chi connectivity index (χ0n) is 13.4. The summed E-state index contributed by atoms with van der Waals surface area (Å²) in [7, 11) is 1.95. The van der Waals surface area contributed by atoms with E-state index in [1.165, 1.54) is 32.1 Å². The summed E-state index contributed by atoms with van der Waals surface area (Å²) in [6.07, 6.45) is 8.38. The van der Waals surface area contributed by atoms with Crippen molar-refractivity contribution in [1.82, 2.24) is 15.1 Å². The summed E-state index contributed by atoms with van der Waals surface area (Å²) in [5.41, 5.74) is 1.04. The van der Waals surface area contributed by atoms with Gasteiger partial charge in [0.1, 0.15) is 0 Å². The van der Waals surface area contributed by atoms with E-state index in [0.29, 0.717) is 5.92 Å². The molecule has 0 spiro atoms. The summed E-state index contributed by atoms with van der Waals surface area (Å²) < 4.78 is 8.05. The molecule has 0 saturated heterocycles. The Balaban J connectivity index is 2.27. The predicted octanol–water partition coefficient (Wildman–Crippen LogP) is 3.71. The third kappa shape index (κ3) is 3.99. The summed E-state index contributed by atoms with van der Waals surface area (Å²) in [5.74, 6) is 0.605. The van der Waals surface area contributed by atoms with Crippen LogP contribution in [0, 0.1) is 5.92 Å². The molecule has 1 heterocycles. The molecule has 2 atom stereocenters. The van der Waals surface area contributed by atoms with Gasteiger partial charge < -0.3 is 10.1 Å². The second-order valence-corrected chi connectivity index (χ2v) is 6.26. The molecule has 1 N–H and O–H groups in total. The Morgan fingerprint density at radius 2 is 2.10 bits per heavy atom. The Hall–Kier alpha value is -0.580. The van der Waals surface area contributed by atoms with Crippen molar-refractivity contribution < 1.29 is 4.74 Å². The van der Waals surface area contributed by atoms with Crippen molar-refractivity contribution in [3.05, 3.63) is 16.9 Å². The van der Waals surface area contributed by atoms with Crippen molar-refractivity contribution in [1.29, 1.82) is 0 Å². The molecule has 1 saturated carbocycles. The highest BCUT2D eigenvalue weighted by Gasteiger charge is 2.34. The van der Waals surface area contributed by atoms with Crippen LogP contribution in [0.25, 0.3) is 0 Å². The first-order valence-corrected chi connectivity index (χ1v) is 8.59. The number of rotatable bonds is 7. The lowest BCUT2D eigenvalue weighted by Crippen LogP contribution is -2.41. The topological polar surface area (TPSA) is 39.1 Å². The van der Waals surface area contributed by atoms with Gasteiger partial charge in [0.25, 0.3) is 0 Å². The molecule has 0 bridgehead atoms. The van der Waals surface area contributed by atoms with Gasteiger partial charge in [-0.05, 0) is 32.2 Å². The van der Waals surface area contributed by atoms with Crippen LogP contribution in [0.1, 0.15) is 57.7 Å². The SMILES string of the molecule is CCNC(c1c(Cl)cnn1C)C(OCC)C1CCCCC1. The molecule has 0 aliphatic heterocycles. The van der Waals surface area contributed by atoms with Crippen LogP contribution in [0.3, 0.4) is 0 Å². The van der Waals surface area contributed by atoms with Crippen LogP contribution in [-0.2, 0) is 11.8 Å². The quantitative estimate of drug-likeness (QED) is 0.834. The van der Waals surface area contributed by atoms with E-state index in [2.05, 4.69) is 24.3 Å². The van der Waals surface area contributed by atoms with E-state index in [1.807, 2.05) is 11.7 Å². The average Bonchev–Trinajstić information content (AvgIpc) is 2.83. The summed E-state index contributed by atoms with van der Waals surface area (Å²) in [6.45, 7) is 5.83. The van der Waals surface area contributed by atoms with Crippen molar-refractivity contribution in [2.24, 2.45) is 13.0 Å². The van der Waals surface area contributed by atoms with E-state index in [-0.39, 0.29) is 12.1 Å². The number of likely N-dealkylation sites (N-methyl/N-ethyl adjacent to an activating group) is 1. The number of nitrogens with zero attached hydrogens (tertiary/aromatic N) is 2. The Labute approximate surface area is 133 Å². The van der Waals surface area contributed by atoms with Crippen LogP contribution in [0.15, 0.2) is 6.20 Å². The molecule has 2 rings (SSSR count). The van der Waals surface area contributed by atoms with Crippen LogP contribution in [-0.4, -0.2) is 29.0 Å². The molecular formula is C16H28ClN3O. The summed E-state index contributed by atoms with van der Waals surface area (Å²) in [4.78, 5) is 0. The van der Waals surface area contributed by atoms with E-state index in [0.717, 1.165) is 23.9 Å². The zero-order valence-corrected chi connectivity index (χ0v) is 14.2. The molecule has 0 aromatic carbocycles. The lowest BCUT2D eigenvalue weighted by Gasteiger charge is -2.36. The van der Waals surface area contributed by atoms with Gasteiger partial charge in [0.05, 0.1) is 29.1 Å². The molecule has 1 aromatic heterocycles. The van der Waals surface area contributed by atoms with Crippen LogP contribution in [0.5, 0.6) is 0 Å². The fourth-order valence-electron chi connectivity index (χ4n) is 3.52. The number of aromatic nitrogens is 2.